The minimum absolute atomic E-state index is 0.164. The Labute approximate surface area is 63.8 Å². The number of rotatable bonds is 1. The van der Waals surface area contributed by atoms with Gasteiger partial charge in [0.05, 0.1) is 0 Å². The number of carbonyl (C=O) groups is 1. The van der Waals surface area contributed by atoms with Gasteiger partial charge in [-0.25, -0.2) is 4.79 Å². The van der Waals surface area contributed by atoms with Gasteiger partial charge >= 0.3 is 5.97 Å². The van der Waals surface area contributed by atoms with E-state index in [9.17, 15) is 4.79 Å². The number of aliphatic carboxylic acids is 1. The molecule has 0 aliphatic heterocycles. The highest BCUT2D eigenvalue weighted by Gasteiger charge is 2.03. The third kappa shape index (κ3) is 2.47. The van der Waals surface area contributed by atoms with E-state index in [4.69, 9.17) is 5.11 Å². The van der Waals surface area contributed by atoms with E-state index in [0.717, 1.165) is 0 Å². The summed E-state index contributed by atoms with van der Waals surface area (Å²) in [5.74, 6) is -0.959. The Morgan fingerprint density at radius 1 is 1.50 bits per heavy atom. The summed E-state index contributed by atoms with van der Waals surface area (Å²) in [7, 11) is 0. The van der Waals surface area contributed by atoms with Gasteiger partial charge in [-0.1, -0.05) is 15.9 Å². The second-order valence-corrected chi connectivity index (χ2v) is 3.14. The molecule has 46 valence electrons. The van der Waals surface area contributed by atoms with Crippen LogP contribution in [0.15, 0.2) is 8.96 Å². The number of carboxylic acids is 1. The molecule has 0 aliphatic rings. The van der Waals surface area contributed by atoms with Gasteiger partial charge in [0.2, 0.25) is 0 Å². The summed E-state index contributed by atoms with van der Waals surface area (Å²) in [5, 5.41) is 8.22. The van der Waals surface area contributed by atoms with Crippen LogP contribution in [0.4, 0.5) is 0 Å². The largest absolute Gasteiger partial charge is 0.477 e. The molecule has 0 bridgehead atoms. The fraction of sp³-hybridized carbons (Fsp3) is 0.250. The van der Waals surface area contributed by atoms with Gasteiger partial charge in [-0.2, -0.15) is 0 Å². The summed E-state index contributed by atoms with van der Waals surface area (Å²) in [5.41, 5.74) is 0. The SMILES string of the molecule is C/C(Br)=C(\Br)C(=O)O. The van der Waals surface area contributed by atoms with Crippen LogP contribution in [0.5, 0.6) is 0 Å². The molecule has 0 saturated heterocycles. The maximum Gasteiger partial charge on any atom is 0.343 e. The molecule has 0 radical (unpaired) electrons. The third-order valence-corrected chi connectivity index (χ3v) is 2.35. The molecule has 0 aromatic heterocycles. The zero-order valence-corrected chi connectivity index (χ0v) is 7.28. The first-order chi connectivity index (χ1) is 3.55. The van der Waals surface area contributed by atoms with Crippen molar-refractivity contribution in [3.8, 4) is 0 Å². The summed E-state index contributed by atoms with van der Waals surface area (Å²) in [6.45, 7) is 1.65. The highest BCUT2D eigenvalue weighted by atomic mass is 79.9. The third-order valence-electron chi connectivity index (χ3n) is 0.490. The zero-order chi connectivity index (χ0) is 6.73. The van der Waals surface area contributed by atoms with E-state index in [-0.39, 0.29) is 4.48 Å². The Morgan fingerprint density at radius 3 is 1.88 bits per heavy atom. The summed E-state index contributed by atoms with van der Waals surface area (Å²) in [6, 6.07) is 0. The quantitative estimate of drug-likeness (QED) is 0.717. The zero-order valence-electron chi connectivity index (χ0n) is 4.11. The molecule has 1 N–H and O–H groups in total. The van der Waals surface area contributed by atoms with E-state index in [1.807, 2.05) is 0 Å². The van der Waals surface area contributed by atoms with Crippen LogP contribution in [0.1, 0.15) is 6.92 Å². The van der Waals surface area contributed by atoms with Crippen LogP contribution < -0.4 is 0 Å². The Bertz CT molecular complexity index is 135. The normalized spacial score (nSPS) is 12.9. The van der Waals surface area contributed by atoms with Crippen molar-refractivity contribution in [2.75, 3.05) is 0 Å². The number of halogens is 2. The lowest BCUT2D eigenvalue weighted by Gasteiger charge is -1.88. The van der Waals surface area contributed by atoms with E-state index in [2.05, 4.69) is 31.9 Å². The Balaban J connectivity index is 4.23. The minimum Gasteiger partial charge on any atom is -0.477 e. The van der Waals surface area contributed by atoms with Gasteiger partial charge < -0.3 is 5.11 Å². The predicted molar refractivity (Wildman–Crippen MR) is 38.2 cm³/mol. The van der Waals surface area contributed by atoms with E-state index in [1.165, 1.54) is 0 Å². The molecule has 8 heavy (non-hydrogen) atoms. The molecular weight excluding hydrogens is 240 g/mol. The molecule has 0 aromatic carbocycles. The average Bonchev–Trinajstić information content (AvgIpc) is 1.64. The lowest BCUT2D eigenvalue weighted by Crippen LogP contribution is -1.93. The van der Waals surface area contributed by atoms with Gasteiger partial charge in [-0.3, -0.25) is 0 Å². The van der Waals surface area contributed by atoms with Crippen molar-refractivity contribution in [1.29, 1.82) is 0 Å². The molecule has 4 heteroatoms. The highest BCUT2D eigenvalue weighted by molar-refractivity contribution is 9.14. The summed E-state index contributed by atoms with van der Waals surface area (Å²) >= 11 is 5.83. The number of hydrogen-bond acceptors (Lipinski definition) is 1. The molecule has 0 aliphatic carbocycles. The van der Waals surface area contributed by atoms with Crippen molar-refractivity contribution >= 4 is 37.8 Å². The molecule has 0 unspecified atom stereocenters. The van der Waals surface area contributed by atoms with Crippen LogP contribution in [-0.2, 0) is 4.79 Å². The van der Waals surface area contributed by atoms with Crippen LogP contribution >= 0.6 is 31.9 Å². The van der Waals surface area contributed by atoms with Gasteiger partial charge in [-0.15, -0.1) is 0 Å². The second-order valence-electron chi connectivity index (χ2n) is 1.15. The van der Waals surface area contributed by atoms with Gasteiger partial charge in [0.15, 0.2) is 0 Å². The molecule has 0 aromatic rings. The Hall–Kier alpha value is 0.170. The molecule has 2 nitrogen and oxygen atoms in total. The molecule has 0 saturated carbocycles. The molecule has 0 atom stereocenters. The number of allylic oxidation sites excluding steroid dienone is 1. The van der Waals surface area contributed by atoms with Crippen LogP contribution in [0.2, 0.25) is 0 Å². The second kappa shape index (κ2) is 3.25. The van der Waals surface area contributed by atoms with E-state index >= 15 is 0 Å². The smallest absolute Gasteiger partial charge is 0.343 e. The van der Waals surface area contributed by atoms with Gasteiger partial charge in [0.25, 0.3) is 0 Å². The molecule has 0 amide bonds. The molecular formula is C4H4Br2O2. The van der Waals surface area contributed by atoms with Gasteiger partial charge in [0.1, 0.15) is 4.48 Å². The van der Waals surface area contributed by atoms with Crippen molar-refractivity contribution in [1.82, 2.24) is 0 Å². The lowest BCUT2D eigenvalue weighted by atomic mass is 10.5. The molecule has 0 rings (SSSR count). The lowest BCUT2D eigenvalue weighted by molar-refractivity contribution is -0.131. The first kappa shape index (κ1) is 8.17. The van der Waals surface area contributed by atoms with E-state index < -0.39 is 5.97 Å². The van der Waals surface area contributed by atoms with Gasteiger partial charge in [-0.05, 0) is 22.9 Å². The number of carboxylic acid groups (broad SMARTS) is 1. The first-order valence-electron chi connectivity index (χ1n) is 1.81. The predicted octanol–water partition coefficient (Wildman–Crippen LogP) is 2.09. The summed E-state index contributed by atoms with van der Waals surface area (Å²) in [6.07, 6.45) is 0. The van der Waals surface area contributed by atoms with Crippen molar-refractivity contribution in [2.24, 2.45) is 0 Å². The van der Waals surface area contributed by atoms with Crippen LogP contribution in [0.25, 0.3) is 0 Å². The standard InChI is InChI=1S/C4H4Br2O2/c1-2(5)3(6)4(7)8/h1H3,(H,7,8)/b3-2+. The fourth-order valence-corrected chi connectivity index (χ4v) is 0.317. The fourth-order valence-electron chi connectivity index (χ4n) is 0.147. The van der Waals surface area contributed by atoms with Crippen LogP contribution in [-0.4, -0.2) is 11.1 Å². The summed E-state index contributed by atoms with van der Waals surface area (Å²) in [4.78, 5) is 10.0. The summed E-state index contributed by atoms with van der Waals surface area (Å²) < 4.78 is 0.752. The highest BCUT2D eigenvalue weighted by Crippen LogP contribution is 2.16. The average molecular weight is 244 g/mol. The van der Waals surface area contributed by atoms with Crippen LogP contribution in [0, 0.1) is 0 Å². The van der Waals surface area contributed by atoms with Crippen molar-refractivity contribution < 1.29 is 9.90 Å². The maximum atomic E-state index is 10.0. The van der Waals surface area contributed by atoms with Crippen molar-refractivity contribution in [3.05, 3.63) is 8.96 Å². The van der Waals surface area contributed by atoms with E-state index in [1.54, 1.807) is 6.92 Å². The maximum absolute atomic E-state index is 10.0. The Morgan fingerprint density at radius 2 is 1.88 bits per heavy atom. The van der Waals surface area contributed by atoms with Gasteiger partial charge in [0, 0.05) is 4.48 Å². The monoisotopic (exact) mass is 242 g/mol. The first-order valence-corrected chi connectivity index (χ1v) is 3.39. The molecule has 0 heterocycles. The number of hydrogen-bond donors (Lipinski definition) is 1. The minimum atomic E-state index is -0.959. The topological polar surface area (TPSA) is 37.3 Å². The molecule has 0 spiro atoms. The molecule has 0 fully saturated rings. The van der Waals surface area contributed by atoms with Crippen LogP contribution in [0.3, 0.4) is 0 Å². The van der Waals surface area contributed by atoms with Crippen molar-refractivity contribution in [3.63, 3.8) is 0 Å². The van der Waals surface area contributed by atoms with Crippen molar-refractivity contribution in [2.45, 2.75) is 6.92 Å². The van der Waals surface area contributed by atoms with E-state index in [0.29, 0.717) is 4.48 Å². The Kier molecular flexibility index (Phi) is 3.31.